The molecule has 1 aromatic heterocycles. The zero-order valence-corrected chi connectivity index (χ0v) is 8.45. The summed E-state index contributed by atoms with van der Waals surface area (Å²) in [5.74, 6) is -0.639. The van der Waals surface area contributed by atoms with E-state index in [0.717, 1.165) is 6.20 Å². The van der Waals surface area contributed by atoms with Crippen LogP contribution >= 0.6 is 0 Å². The first-order valence-electron chi connectivity index (χ1n) is 4.34. The van der Waals surface area contributed by atoms with E-state index in [4.69, 9.17) is 10.0 Å². The second-order valence-corrected chi connectivity index (χ2v) is 4.21. The van der Waals surface area contributed by atoms with Gasteiger partial charge in [-0.25, -0.2) is 4.39 Å². The number of rotatable bonds is 1. The minimum absolute atomic E-state index is 0.196. The topological polar surface area (TPSA) is 53.4 Å². The normalized spacial score (nSPS) is 11.6. The van der Waals surface area contributed by atoms with E-state index in [1.807, 2.05) is 20.8 Å². The molecular weight excluding hydrogens is 184 g/mol. The number of hydrogen-bond acceptors (Lipinski definition) is 3. The molecule has 0 saturated carbocycles. The van der Waals surface area contributed by atoms with Crippen molar-refractivity contribution in [2.24, 2.45) is 0 Å². The Balaban J connectivity index is 3.13. The molecule has 0 fully saturated rings. The van der Waals surface area contributed by atoms with Crippen molar-refractivity contribution in [1.29, 1.82) is 0 Å². The highest BCUT2D eigenvalue weighted by Crippen LogP contribution is 2.19. The van der Waals surface area contributed by atoms with Gasteiger partial charge in [0.15, 0.2) is 0 Å². The smallest absolute Gasteiger partial charge is 0.423 e. The molecular formula is C9H13BFNO2. The summed E-state index contributed by atoms with van der Waals surface area (Å²) < 4.78 is 13.3. The molecule has 0 radical (unpaired) electrons. The Morgan fingerprint density at radius 1 is 1.36 bits per heavy atom. The van der Waals surface area contributed by atoms with Crippen LogP contribution in [0.3, 0.4) is 0 Å². The minimum atomic E-state index is -1.81. The van der Waals surface area contributed by atoms with Crippen molar-refractivity contribution >= 4 is 12.6 Å². The standard InChI is InChI=1S/C9H13BFNO2/c1-9(2,3)8-4-7(11)6(5-12-8)10(13)14/h4-5,13-14H,1-3H3. The molecule has 0 saturated heterocycles. The molecule has 1 aromatic rings. The molecule has 2 N–H and O–H groups in total. The molecule has 0 aliphatic rings. The number of nitrogens with zero attached hydrogens (tertiary/aromatic N) is 1. The summed E-state index contributed by atoms with van der Waals surface area (Å²) in [7, 11) is -1.81. The molecule has 0 amide bonds. The van der Waals surface area contributed by atoms with E-state index in [0.29, 0.717) is 5.69 Å². The first kappa shape index (κ1) is 11.1. The van der Waals surface area contributed by atoms with E-state index in [1.54, 1.807) is 0 Å². The number of halogens is 1. The second kappa shape index (κ2) is 3.67. The third-order valence-corrected chi connectivity index (χ3v) is 1.93. The van der Waals surface area contributed by atoms with Crippen LogP contribution in [0.2, 0.25) is 0 Å². The van der Waals surface area contributed by atoms with Crippen LogP contribution in [0.25, 0.3) is 0 Å². The maximum absolute atomic E-state index is 13.3. The molecule has 0 aliphatic heterocycles. The fourth-order valence-corrected chi connectivity index (χ4v) is 1.04. The lowest BCUT2D eigenvalue weighted by molar-refractivity contribution is 0.422. The average molecular weight is 197 g/mol. The van der Waals surface area contributed by atoms with Crippen LogP contribution in [0, 0.1) is 5.82 Å². The largest absolute Gasteiger partial charge is 0.493 e. The SMILES string of the molecule is CC(C)(C)c1cc(F)c(B(O)O)cn1. The molecule has 5 heteroatoms. The molecule has 3 nitrogen and oxygen atoms in total. The maximum Gasteiger partial charge on any atom is 0.493 e. The van der Waals surface area contributed by atoms with Crippen molar-refractivity contribution in [2.45, 2.75) is 26.2 Å². The summed E-state index contributed by atoms with van der Waals surface area (Å²) in [6, 6.07) is 1.23. The van der Waals surface area contributed by atoms with Crippen LogP contribution < -0.4 is 5.46 Å². The summed E-state index contributed by atoms with van der Waals surface area (Å²) in [6.07, 6.45) is 1.15. The van der Waals surface area contributed by atoms with Crippen molar-refractivity contribution in [3.05, 3.63) is 23.8 Å². The van der Waals surface area contributed by atoms with Gasteiger partial charge in [0.05, 0.1) is 0 Å². The van der Waals surface area contributed by atoms with Gasteiger partial charge in [-0.1, -0.05) is 20.8 Å². The van der Waals surface area contributed by atoms with Crippen LogP contribution in [0.15, 0.2) is 12.3 Å². The van der Waals surface area contributed by atoms with Crippen molar-refractivity contribution in [3.63, 3.8) is 0 Å². The van der Waals surface area contributed by atoms with Crippen LogP contribution in [0.5, 0.6) is 0 Å². The molecule has 0 aromatic carbocycles. The Kier molecular flexibility index (Phi) is 2.92. The third kappa shape index (κ3) is 2.30. The molecule has 76 valence electrons. The zero-order chi connectivity index (χ0) is 10.9. The Labute approximate surface area is 82.8 Å². The lowest BCUT2D eigenvalue weighted by atomic mass is 9.80. The molecule has 1 rings (SSSR count). The van der Waals surface area contributed by atoms with Crippen LogP contribution in [0.4, 0.5) is 4.39 Å². The molecule has 0 unspecified atom stereocenters. The van der Waals surface area contributed by atoms with E-state index in [9.17, 15) is 4.39 Å². The molecule has 14 heavy (non-hydrogen) atoms. The molecule has 0 aliphatic carbocycles. The fraction of sp³-hybridized carbons (Fsp3) is 0.444. The van der Waals surface area contributed by atoms with Gasteiger partial charge in [-0.3, -0.25) is 4.98 Å². The Bertz CT molecular complexity index is 336. The third-order valence-electron chi connectivity index (χ3n) is 1.93. The summed E-state index contributed by atoms with van der Waals surface area (Å²) in [6.45, 7) is 5.72. The highest BCUT2D eigenvalue weighted by Gasteiger charge is 2.21. The first-order chi connectivity index (χ1) is 6.32. The second-order valence-electron chi connectivity index (χ2n) is 4.21. The fourth-order valence-electron chi connectivity index (χ4n) is 1.04. The lowest BCUT2D eigenvalue weighted by Gasteiger charge is -2.18. The minimum Gasteiger partial charge on any atom is -0.423 e. The van der Waals surface area contributed by atoms with Crippen molar-refractivity contribution in [2.75, 3.05) is 0 Å². The predicted octanol–water partition coefficient (Wildman–Crippen LogP) is 0.198. The summed E-state index contributed by atoms with van der Waals surface area (Å²) in [5, 5.41) is 17.5. The molecule has 1 heterocycles. The van der Waals surface area contributed by atoms with Gasteiger partial charge in [-0.05, 0) is 6.07 Å². The van der Waals surface area contributed by atoms with Gasteiger partial charge in [0.25, 0.3) is 0 Å². The Morgan fingerprint density at radius 3 is 2.29 bits per heavy atom. The van der Waals surface area contributed by atoms with Gasteiger partial charge in [0.2, 0.25) is 0 Å². The number of pyridine rings is 1. The van der Waals surface area contributed by atoms with E-state index in [1.165, 1.54) is 6.07 Å². The van der Waals surface area contributed by atoms with Crippen molar-refractivity contribution < 1.29 is 14.4 Å². The monoisotopic (exact) mass is 197 g/mol. The first-order valence-corrected chi connectivity index (χ1v) is 4.34. The van der Waals surface area contributed by atoms with Crippen LogP contribution in [-0.4, -0.2) is 22.2 Å². The number of aromatic nitrogens is 1. The summed E-state index contributed by atoms with van der Waals surface area (Å²) in [4.78, 5) is 3.97. The van der Waals surface area contributed by atoms with Gasteiger partial charge >= 0.3 is 7.12 Å². The Hall–Kier alpha value is -0.935. The molecule has 0 spiro atoms. The summed E-state index contributed by atoms with van der Waals surface area (Å²) >= 11 is 0. The predicted molar refractivity (Wildman–Crippen MR) is 52.7 cm³/mol. The average Bonchev–Trinajstić information content (AvgIpc) is 2.01. The lowest BCUT2D eigenvalue weighted by Crippen LogP contribution is -2.34. The zero-order valence-electron chi connectivity index (χ0n) is 8.45. The quantitative estimate of drug-likeness (QED) is 0.632. The van der Waals surface area contributed by atoms with Crippen molar-refractivity contribution in [3.8, 4) is 0 Å². The van der Waals surface area contributed by atoms with Gasteiger partial charge in [-0.2, -0.15) is 0 Å². The molecule has 0 bridgehead atoms. The number of hydrogen-bond donors (Lipinski definition) is 2. The highest BCUT2D eigenvalue weighted by atomic mass is 19.1. The van der Waals surface area contributed by atoms with Gasteiger partial charge < -0.3 is 10.0 Å². The van der Waals surface area contributed by atoms with Crippen LogP contribution in [-0.2, 0) is 5.41 Å². The Morgan fingerprint density at radius 2 is 1.93 bits per heavy atom. The highest BCUT2D eigenvalue weighted by molar-refractivity contribution is 6.58. The van der Waals surface area contributed by atoms with E-state index >= 15 is 0 Å². The molecule has 0 atom stereocenters. The van der Waals surface area contributed by atoms with Crippen molar-refractivity contribution in [1.82, 2.24) is 4.98 Å². The van der Waals surface area contributed by atoms with E-state index in [2.05, 4.69) is 4.98 Å². The maximum atomic E-state index is 13.3. The van der Waals surface area contributed by atoms with Gasteiger partial charge in [-0.15, -0.1) is 0 Å². The van der Waals surface area contributed by atoms with Crippen LogP contribution in [0.1, 0.15) is 26.5 Å². The van der Waals surface area contributed by atoms with Gasteiger partial charge in [0, 0.05) is 22.8 Å². The van der Waals surface area contributed by atoms with E-state index < -0.39 is 12.9 Å². The van der Waals surface area contributed by atoms with Gasteiger partial charge in [0.1, 0.15) is 5.82 Å². The van der Waals surface area contributed by atoms with E-state index in [-0.39, 0.29) is 10.9 Å². The summed E-state index contributed by atoms with van der Waals surface area (Å²) in [5.41, 5.74) is 0.136.